The van der Waals surface area contributed by atoms with Crippen molar-refractivity contribution in [3.63, 3.8) is 0 Å². The molecule has 2 amide bonds. The van der Waals surface area contributed by atoms with Gasteiger partial charge in [0.2, 0.25) is 0 Å². The van der Waals surface area contributed by atoms with E-state index in [1.54, 1.807) is 20.8 Å². The molecule has 2 heterocycles. The molecule has 0 aromatic carbocycles. The van der Waals surface area contributed by atoms with Crippen molar-refractivity contribution in [2.24, 2.45) is 5.73 Å². The van der Waals surface area contributed by atoms with Crippen LogP contribution in [0.25, 0.3) is 0 Å². The fraction of sp³-hybridized carbons (Fsp3) is 0.429. The molecule has 166 valence electrons. The highest BCUT2D eigenvalue weighted by molar-refractivity contribution is 7.17. The molecule has 10 heteroatoms. The number of anilines is 1. The van der Waals surface area contributed by atoms with E-state index in [-0.39, 0.29) is 17.9 Å². The fourth-order valence-electron chi connectivity index (χ4n) is 3.70. The molecule has 0 fully saturated rings. The second-order valence-electron chi connectivity index (χ2n) is 7.31. The summed E-state index contributed by atoms with van der Waals surface area (Å²) in [4.78, 5) is 53.1. The van der Waals surface area contributed by atoms with Crippen molar-refractivity contribution < 1.29 is 28.7 Å². The summed E-state index contributed by atoms with van der Waals surface area (Å²) in [6, 6.07) is 0. The number of nitrogens with one attached hydrogen (secondary N) is 2. The van der Waals surface area contributed by atoms with Crippen molar-refractivity contribution in [1.82, 2.24) is 4.98 Å². The Hall–Kier alpha value is -3.14. The van der Waals surface area contributed by atoms with Crippen LogP contribution in [0.4, 0.5) is 5.00 Å². The van der Waals surface area contributed by atoms with E-state index in [0.29, 0.717) is 21.8 Å². The quantitative estimate of drug-likeness (QED) is 0.557. The van der Waals surface area contributed by atoms with Gasteiger partial charge in [-0.2, -0.15) is 0 Å². The van der Waals surface area contributed by atoms with Gasteiger partial charge in [-0.3, -0.25) is 9.59 Å². The first-order chi connectivity index (χ1) is 14.6. The first-order valence-electron chi connectivity index (χ1n) is 9.98. The monoisotopic (exact) mass is 447 g/mol. The normalized spacial score (nSPS) is 13.4. The molecule has 0 radical (unpaired) electrons. The van der Waals surface area contributed by atoms with Crippen molar-refractivity contribution in [2.75, 3.05) is 11.9 Å². The molecule has 4 N–H and O–H groups in total. The van der Waals surface area contributed by atoms with Gasteiger partial charge in [0.05, 0.1) is 17.7 Å². The summed E-state index contributed by atoms with van der Waals surface area (Å²) in [7, 11) is 0. The lowest BCUT2D eigenvalue weighted by Gasteiger charge is -2.13. The Labute approximate surface area is 183 Å². The van der Waals surface area contributed by atoms with Gasteiger partial charge < -0.3 is 25.5 Å². The van der Waals surface area contributed by atoms with Gasteiger partial charge in [0.1, 0.15) is 10.7 Å². The number of aryl methyl sites for hydroxylation is 2. The third kappa shape index (κ3) is 4.34. The number of nitrogens with two attached hydrogens (primary N) is 1. The number of aromatic nitrogens is 1. The number of rotatable bonds is 7. The van der Waals surface area contributed by atoms with Crippen LogP contribution in [0, 0.1) is 13.8 Å². The molecule has 1 aliphatic rings. The molecular formula is C21H25N3O6S. The van der Waals surface area contributed by atoms with Crippen molar-refractivity contribution >= 4 is 40.1 Å². The third-order valence-corrected chi connectivity index (χ3v) is 6.39. The summed E-state index contributed by atoms with van der Waals surface area (Å²) in [5, 5.41) is 3.04. The molecule has 9 nitrogen and oxygen atoms in total. The Morgan fingerprint density at radius 2 is 1.87 bits per heavy atom. The number of esters is 2. The van der Waals surface area contributed by atoms with Gasteiger partial charge in [0, 0.05) is 10.6 Å². The lowest BCUT2D eigenvalue weighted by atomic mass is 10.1. The number of hydrogen-bond acceptors (Lipinski definition) is 7. The van der Waals surface area contributed by atoms with E-state index in [1.165, 1.54) is 18.3 Å². The van der Waals surface area contributed by atoms with Crippen LogP contribution in [-0.2, 0) is 27.1 Å². The number of carbonyl (C=O) groups is 4. The van der Waals surface area contributed by atoms with Gasteiger partial charge in [-0.15, -0.1) is 11.3 Å². The van der Waals surface area contributed by atoms with Gasteiger partial charge in [-0.1, -0.05) is 0 Å². The number of H-pyrrole nitrogens is 1. The number of carbonyl (C=O) groups excluding carboxylic acids is 4. The molecule has 2 aromatic rings. The highest BCUT2D eigenvalue weighted by atomic mass is 32.1. The first-order valence-corrected chi connectivity index (χ1v) is 10.8. The van der Waals surface area contributed by atoms with E-state index in [9.17, 15) is 19.2 Å². The summed E-state index contributed by atoms with van der Waals surface area (Å²) in [6.07, 6.45) is 1.40. The minimum atomic E-state index is -1.14. The molecule has 0 saturated heterocycles. The SMILES string of the molecule is CCOC(=O)c1c(C)[nH]c(C(=O)OC(C)C(=O)Nc2sc3c(c2C(N)=O)CCC3)c1C. The Morgan fingerprint density at radius 1 is 1.16 bits per heavy atom. The molecular weight excluding hydrogens is 422 g/mol. The van der Waals surface area contributed by atoms with Gasteiger partial charge >= 0.3 is 11.9 Å². The largest absolute Gasteiger partial charge is 0.462 e. The Kier molecular flexibility index (Phi) is 6.49. The summed E-state index contributed by atoms with van der Waals surface area (Å²) < 4.78 is 10.3. The van der Waals surface area contributed by atoms with E-state index in [1.807, 2.05) is 0 Å². The van der Waals surface area contributed by atoms with E-state index < -0.39 is 29.9 Å². The zero-order chi connectivity index (χ0) is 22.9. The van der Waals surface area contributed by atoms with Crippen LogP contribution < -0.4 is 11.1 Å². The van der Waals surface area contributed by atoms with Crippen molar-refractivity contribution in [2.45, 2.75) is 53.1 Å². The van der Waals surface area contributed by atoms with Crippen molar-refractivity contribution in [1.29, 1.82) is 0 Å². The maximum absolute atomic E-state index is 12.6. The smallest absolute Gasteiger partial charge is 0.355 e. The number of hydrogen-bond donors (Lipinski definition) is 3. The molecule has 2 aromatic heterocycles. The second kappa shape index (κ2) is 8.93. The summed E-state index contributed by atoms with van der Waals surface area (Å²) in [5.74, 6) is -2.49. The molecule has 1 aliphatic carbocycles. The Bertz CT molecular complexity index is 1070. The summed E-state index contributed by atoms with van der Waals surface area (Å²) >= 11 is 1.32. The number of primary amides is 1. The standard InChI is InChI=1S/C21H25N3O6S/c1-5-29-20(27)14-9(2)16(23-10(14)3)21(28)30-11(4)18(26)24-19-15(17(22)25)12-7-6-8-13(12)31-19/h11,23H,5-8H2,1-4H3,(H2,22,25)(H,24,26). The van der Waals surface area contributed by atoms with E-state index in [4.69, 9.17) is 15.2 Å². The molecule has 0 spiro atoms. The summed E-state index contributed by atoms with van der Waals surface area (Å²) in [6.45, 7) is 6.57. The molecule has 0 saturated carbocycles. The van der Waals surface area contributed by atoms with Crippen LogP contribution in [0.15, 0.2) is 0 Å². The van der Waals surface area contributed by atoms with Crippen LogP contribution in [0.5, 0.6) is 0 Å². The predicted octanol–water partition coefficient (Wildman–Crippen LogP) is 2.64. The van der Waals surface area contributed by atoms with E-state index in [2.05, 4.69) is 10.3 Å². The zero-order valence-electron chi connectivity index (χ0n) is 17.8. The van der Waals surface area contributed by atoms with E-state index in [0.717, 1.165) is 29.7 Å². The van der Waals surface area contributed by atoms with Crippen LogP contribution in [0.1, 0.15) is 73.2 Å². The Morgan fingerprint density at radius 3 is 2.52 bits per heavy atom. The number of amides is 2. The molecule has 0 bridgehead atoms. The van der Waals surface area contributed by atoms with Crippen LogP contribution in [-0.4, -0.2) is 41.4 Å². The lowest BCUT2D eigenvalue weighted by molar-refractivity contribution is -0.123. The average molecular weight is 448 g/mol. The van der Waals surface area contributed by atoms with Crippen molar-refractivity contribution in [3.05, 3.63) is 38.5 Å². The maximum Gasteiger partial charge on any atom is 0.355 e. The molecule has 3 rings (SSSR count). The Balaban J connectivity index is 1.73. The number of thiophene rings is 1. The summed E-state index contributed by atoms with van der Waals surface area (Å²) in [5.41, 5.74) is 7.94. The van der Waals surface area contributed by atoms with Gasteiger partial charge in [0.25, 0.3) is 11.8 Å². The topological polar surface area (TPSA) is 141 Å². The van der Waals surface area contributed by atoms with Gasteiger partial charge in [0.15, 0.2) is 6.10 Å². The predicted molar refractivity (Wildman–Crippen MR) is 115 cm³/mol. The highest BCUT2D eigenvalue weighted by Gasteiger charge is 2.29. The minimum Gasteiger partial charge on any atom is -0.462 e. The van der Waals surface area contributed by atoms with Gasteiger partial charge in [-0.05, 0) is 58.1 Å². The minimum absolute atomic E-state index is 0.0770. The maximum atomic E-state index is 12.6. The highest BCUT2D eigenvalue weighted by Crippen LogP contribution is 2.38. The first kappa shape index (κ1) is 22.5. The number of aromatic amines is 1. The van der Waals surface area contributed by atoms with E-state index >= 15 is 0 Å². The molecule has 0 aliphatic heterocycles. The number of fused-ring (bicyclic) bond motifs is 1. The lowest BCUT2D eigenvalue weighted by Crippen LogP contribution is -2.30. The van der Waals surface area contributed by atoms with Crippen LogP contribution in [0.2, 0.25) is 0 Å². The third-order valence-electron chi connectivity index (χ3n) is 5.18. The fourth-order valence-corrected chi connectivity index (χ4v) is 5.00. The second-order valence-corrected chi connectivity index (χ2v) is 8.41. The van der Waals surface area contributed by atoms with Crippen LogP contribution >= 0.6 is 11.3 Å². The van der Waals surface area contributed by atoms with Crippen LogP contribution in [0.3, 0.4) is 0 Å². The zero-order valence-corrected chi connectivity index (χ0v) is 18.7. The molecule has 31 heavy (non-hydrogen) atoms. The van der Waals surface area contributed by atoms with Gasteiger partial charge in [-0.25, -0.2) is 9.59 Å². The molecule has 1 atom stereocenters. The molecule has 1 unspecified atom stereocenters. The number of ether oxygens (including phenoxy) is 2. The van der Waals surface area contributed by atoms with Crippen molar-refractivity contribution in [3.8, 4) is 0 Å². The average Bonchev–Trinajstić information content (AvgIpc) is 3.34.